The largest absolute Gasteiger partial charge is 0.354 e. The Kier molecular flexibility index (Phi) is 5.17. The number of amides is 1. The number of halogens is 1. The van der Waals surface area contributed by atoms with Crippen LogP contribution in [0.15, 0.2) is 36.4 Å². The first kappa shape index (κ1) is 18.7. The molecule has 4 rings (SSSR count). The highest BCUT2D eigenvalue weighted by Gasteiger charge is 2.27. The maximum Gasteiger partial charge on any atom is 0.229 e. The molecule has 146 valence electrons. The second-order valence-electron chi connectivity index (χ2n) is 7.46. The van der Waals surface area contributed by atoms with Crippen molar-refractivity contribution in [2.24, 2.45) is 5.92 Å². The Morgan fingerprint density at radius 2 is 2.11 bits per heavy atom. The summed E-state index contributed by atoms with van der Waals surface area (Å²) in [4.78, 5) is 14.9. The van der Waals surface area contributed by atoms with Crippen LogP contribution in [-0.4, -0.2) is 38.8 Å². The Hall–Kier alpha value is -2.67. The van der Waals surface area contributed by atoms with Crippen molar-refractivity contribution < 1.29 is 4.79 Å². The SMILES string of the molecule is CC(C)c1nnc2ccc(N3CCC[C@H](C(=O)Nc4cccc(Cl)c4)C3)nn12. The molecule has 1 saturated heterocycles. The average molecular weight is 399 g/mol. The van der Waals surface area contributed by atoms with Gasteiger partial charge in [-0.15, -0.1) is 15.3 Å². The van der Waals surface area contributed by atoms with Crippen molar-refractivity contribution in [3.8, 4) is 0 Å². The second-order valence-corrected chi connectivity index (χ2v) is 7.90. The summed E-state index contributed by atoms with van der Waals surface area (Å²) in [5.74, 6) is 1.82. The number of benzene rings is 1. The van der Waals surface area contributed by atoms with Gasteiger partial charge < -0.3 is 10.2 Å². The third-order valence-corrected chi connectivity index (χ3v) is 5.23. The highest BCUT2D eigenvalue weighted by atomic mass is 35.5. The molecule has 8 heteroatoms. The molecular formula is C20H23ClN6O. The molecule has 1 atom stereocenters. The maximum absolute atomic E-state index is 12.7. The van der Waals surface area contributed by atoms with Gasteiger partial charge in [-0.2, -0.15) is 4.52 Å². The first-order valence-electron chi connectivity index (χ1n) is 9.55. The molecule has 0 saturated carbocycles. The summed E-state index contributed by atoms with van der Waals surface area (Å²) in [7, 11) is 0. The van der Waals surface area contributed by atoms with Gasteiger partial charge in [-0.1, -0.05) is 31.5 Å². The minimum absolute atomic E-state index is 0.0141. The van der Waals surface area contributed by atoms with E-state index in [2.05, 4.69) is 34.3 Å². The molecule has 1 fully saturated rings. The molecule has 0 unspecified atom stereocenters. The summed E-state index contributed by atoms with van der Waals surface area (Å²) in [6, 6.07) is 11.1. The van der Waals surface area contributed by atoms with Crippen LogP contribution < -0.4 is 10.2 Å². The van der Waals surface area contributed by atoms with Crippen LogP contribution in [0.1, 0.15) is 38.4 Å². The van der Waals surface area contributed by atoms with Crippen LogP contribution in [0.25, 0.3) is 5.65 Å². The number of piperidine rings is 1. The molecule has 7 nitrogen and oxygen atoms in total. The van der Waals surface area contributed by atoms with E-state index in [9.17, 15) is 4.79 Å². The van der Waals surface area contributed by atoms with Crippen LogP contribution in [0.4, 0.5) is 11.5 Å². The topological polar surface area (TPSA) is 75.4 Å². The Morgan fingerprint density at radius 1 is 1.25 bits per heavy atom. The van der Waals surface area contributed by atoms with Gasteiger partial charge in [-0.25, -0.2) is 0 Å². The summed E-state index contributed by atoms with van der Waals surface area (Å²) in [5.41, 5.74) is 1.46. The fraction of sp³-hybridized carbons (Fsp3) is 0.400. The van der Waals surface area contributed by atoms with E-state index in [1.54, 1.807) is 16.6 Å². The van der Waals surface area contributed by atoms with Crippen molar-refractivity contribution in [3.63, 3.8) is 0 Å². The first-order chi connectivity index (χ1) is 13.5. The number of nitrogens with zero attached hydrogens (tertiary/aromatic N) is 5. The number of aromatic nitrogens is 4. The van der Waals surface area contributed by atoms with Gasteiger partial charge in [-0.3, -0.25) is 4.79 Å². The standard InChI is InChI=1S/C20H23ClN6O/c1-13(2)19-24-23-17-8-9-18(25-27(17)19)26-10-4-5-14(12-26)20(28)22-16-7-3-6-15(21)11-16/h3,6-9,11,13-14H,4-5,10,12H2,1-2H3,(H,22,28)/t14-/m0/s1. The Morgan fingerprint density at radius 3 is 2.89 bits per heavy atom. The molecule has 1 aromatic carbocycles. The zero-order valence-corrected chi connectivity index (χ0v) is 16.7. The van der Waals surface area contributed by atoms with Gasteiger partial charge in [0.1, 0.15) is 5.82 Å². The van der Waals surface area contributed by atoms with Gasteiger partial charge in [0, 0.05) is 29.7 Å². The number of fused-ring (bicyclic) bond motifs is 1. The van der Waals surface area contributed by atoms with Crippen LogP contribution in [-0.2, 0) is 4.79 Å². The molecule has 1 N–H and O–H groups in total. The number of carbonyl (C=O) groups excluding carboxylic acids is 1. The Bertz CT molecular complexity index is 1000. The summed E-state index contributed by atoms with van der Waals surface area (Å²) in [5, 5.41) is 16.7. The van der Waals surface area contributed by atoms with Gasteiger partial charge in [-0.05, 0) is 43.2 Å². The fourth-order valence-corrected chi connectivity index (χ4v) is 3.72. The van der Waals surface area contributed by atoms with Gasteiger partial charge in [0.15, 0.2) is 11.5 Å². The molecule has 3 heterocycles. The predicted molar refractivity (Wildman–Crippen MR) is 110 cm³/mol. The molecule has 28 heavy (non-hydrogen) atoms. The minimum atomic E-state index is -0.101. The van der Waals surface area contributed by atoms with E-state index in [4.69, 9.17) is 16.7 Å². The lowest BCUT2D eigenvalue weighted by molar-refractivity contribution is -0.120. The summed E-state index contributed by atoms with van der Waals surface area (Å²) in [6.07, 6.45) is 1.79. The maximum atomic E-state index is 12.7. The lowest BCUT2D eigenvalue weighted by atomic mass is 9.97. The Balaban J connectivity index is 1.51. The smallest absolute Gasteiger partial charge is 0.229 e. The van der Waals surface area contributed by atoms with E-state index in [0.717, 1.165) is 42.4 Å². The molecule has 0 radical (unpaired) electrons. The van der Waals surface area contributed by atoms with E-state index < -0.39 is 0 Å². The zero-order valence-electron chi connectivity index (χ0n) is 16.0. The molecular weight excluding hydrogens is 376 g/mol. The Labute approximate surface area is 168 Å². The molecule has 1 aliphatic rings. The summed E-state index contributed by atoms with van der Waals surface area (Å²) in [6.45, 7) is 5.65. The van der Waals surface area contributed by atoms with Gasteiger partial charge in [0.2, 0.25) is 5.91 Å². The van der Waals surface area contributed by atoms with E-state index in [-0.39, 0.29) is 17.7 Å². The molecule has 0 spiro atoms. The van der Waals surface area contributed by atoms with Crippen LogP contribution in [0.2, 0.25) is 5.02 Å². The average Bonchev–Trinajstić information content (AvgIpc) is 3.11. The minimum Gasteiger partial charge on any atom is -0.354 e. The lowest BCUT2D eigenvalue weighted by Gasteiger charge is -2.32. The number of rotatable bonds is 4. The second kappa shape index (κ2) is 7.75. The van der Waals surface area contributed by atoms with Crippen LogP contribution in [0.3, 0.4) is 0 Å². The van der Waals surface area contributed by atoms with Crippen molar-refractivity contribution in [2.45, 2.75) is 32.6 Å². The van der Waals surface area contributed by atoms with Gasteiger partial charge >= 0.3 is 0 Å². The number of hydrogen-bond acceptors (Lipinski definition) is 5. The highest BCUT2D eigenvalue weighted by Crippen LogP contribution is 2.24. The molecule has 1 aliphatic heterocycles. The van der Waals surface area contributed by atoms with Crippen molar-refractivity contribution in [3.05, 3.63) is 47.2 Å². The van der Waals surface area contributed by atoms with Crippen molar-refractivity contribution in [1.82, 2.24) is 19.8 Å². The molecule has 0 aliphatic carbocycles. The highest BCUT2D eigenvalue weighted by molar-refractivity contribution is 6.30. The summed E-state index contributed by atoms with van der Waals surface area (Å²) >= 11 is 6.01. The summed E-state index contributed by atoms with van der Waals surface area (Å²) < 4.78 is 1.80. The van der Waals surface area contributed by atoms with Crippen molar-refractivity contribution in [2.75, 3.05) is 23.3 Å². The van der Waals surface area contributed by atoms with Crippen LogP contribution in [0.5, 0.6) is 0 Å². The quantitative estimate of drug-likeness (QED) is 0.724. The number of nitrogens with one attached hydrogen (secondary N) is 1. The number of hydrogen-bond donors (Lipinski definition) is 1. The van der Waals surface area contributed by atoms with E-state index in [1.807, 2.05) is 24.3 Å². The zero-order chi connectivity index (χ0) is 19.7. The molecule has 3 aromatic rings. The molecule has 1 amide bonds. The van der Waals surface area contributed by atoms with E-state index in [0.29, 0.717) is 11.6 Å². The van der Waals surface area contributed by atoms with Crippen LogP contribution >= 0.6 is 11.6 Å². The van der Waals surface area contributed by atoms with Gasteiger partial charge in [0.05, 0.1) is 5.92 Å². The first-order valence-corrected chi connectivity index (χ1v) is 9.93. The normalized spacial score (nSPS) is 17.3. The molecule has 2 aromatic heterocycles. The van der Waals surface area contributed by atoms with Crippen molar-refractivity contribution in [1.29, 1.82) is 0 Å². The monoisotopic (exact) mass is 398 g/mol. The van der Waals surface area contributed by atoms with E-state index in [1.165, 1.54) is 0 Å². The van der Waals surface area contributed by atoms with Crippen molar-refractivity contribution >= 4 is 34.7 Å². The van der Waals surface area contributed by atoms with Crippen LogP contribution in [0, 0.1) is 5.92 Å². The van der Waals surface area contributed by atoms with Gasteiger partial charge in [0.25, 0.3) is 0 Å². The predicted octanol–water partition coefficient (Wildman–Crippen LogP) is 3.76. The number of anilines is 2. The lowest BCUT2D eigenvalue weighted by Crippen LogP contribution is -2.41. The third kappa shape index (κ3) is 3.80. The third-order valence-electron chi connectivity index (χ3n) is 5.00. The molecule has 0 bridgehead atoms. The number of carbonyl (C=O) groups is 1. The van der Waals surface area contributed by atoms with E-state index >= 15 is 0 Å². The fourth-order valence-electron chi connectivity index (χ4n) is 3.53.